The maximum atomic E-state index is 11.8. The van der Waals surface area contributed by atoms with Crippen LogP contribution in [-0.4, -0.2) is 24.2 Å². The number of hydrogen-bond acceptors (Lipinski definition) is 2. The zero-order valence-electron chi connectivity index (χ0n) is 8.98. The van der Waals surface area contributed by atoms with Crippen molar-refractivity contribution >= 4 is 5.91 Å². The van der Waals surface area contributed by atoms with Crippen LogP contribution in [0.25, 0.3) is 0 Å². The van der Waals surface area contributed by atoms with Crippen molar-refractivity contribution in [2.45, 2.75) is 25.7 Å². The van der Waals surface area contributed by atoms with Gasteiger partial charge in [0.05, 0.1) is 0 Å². The number of aliphatic hydroxyl groups excluding tert-OH is 1. The lowest BCUT2D eigenvalue weighted by Gasteiger charge is -2.17. The van der Waals surface area contributed by atoms with Crippen LogP contribution in [0.1, 0.15) is 25.7 Å². The first-order chi connectivity index (χ1) is 7.31. The quantitative estimate of drug-likeness (QED) is 0.526. The van der Waals surface area contributed by atoms with Crippen molar-refractivity contribution in [2.24, 2.45) is 17.8 Å². The molecule has 15 heavy (non-hydrogen) atoms. The Morgan fingerprint density at radius 2 is 2.20 bits per heavy atom. The fraction of sp³-hybridized carbons (Fsp3) is 0.750. The first-order valence-electron chi connectivity index (χ1n) is 5.88. The molecule has 0 aliphatic heterocycles. The molecule has 3 unspecified atom stereocenters. The van der Waals surface area contributed by atoms with Gasteiger partial charge in [-0.15, -0.1) is 0 Å². The van der Waals surface area contributed by atoms with Crippen molar-refractivity contribution in [2.75, 3.05) is 13.2 Å². The van der Waals surface area contributed by atoms with Crippen LogP contribution in [-0.2, 0) is 4.79 Å². The second kappa shape index (κ2) is 4.79. The van der Waals surface area contributed by atoms with E-state index >= 15 is 0 Å². The Hall–Kier alpha value is -0.830. The number of carbonyl (C=O) groups is 1. The molecule has 0 radical (unpaired) electrons. The number of unbranched alkanes of at least 4 members (excludes halogenated alkanes) is 1. The first kappa shape index (κ1) is 10.7. The second-order valence-electron chi connectivity index (χ2n) is 4.61. The van der Waals surface area contributed by atoms with Crippen molar-refractivity contribution in [1.29, 1.82) is 0 Å². The molecule has 1 fully saturated rings. The van der Waals surface area contributed by atoms with Gasteiger partial charge < -0.3 is 10.4 Å². The third-order valence-electron chi connectivity index (χ3n) is 3.50. The summed E-state index contributed by atoms with van der Waals surface area (Å²) in [4.78, 5) is 11.8. The van der Waals surface area contributed by atoms with Crippen LogP contribution in [0.4, 0.5) is 0 Å². The van der Waals surface area contributed by atoms with Gasteiger partial charge in [-0.05, 0) is 37.5 Å². The zero-order chi connectivity index (χ0) is 10.7. The van der Waals surface area contributed by atoms with Gasteiger partial charge in [-0.2, -0.15) is 0 Å². The van der Waals surface area contributed by atoms with E-state index in [4.69, 9.17) is 5.11 Å². The van der Waals surface area contributed by atoms with Crippen molar-refractivity contribution < 1.29 is 9.90 Å². The number of hydrogen-bond donors (Lipinski definition) is 2. The Morgan fingerprint density at radius 3 is 2.80 bits per heavy atom. The van der Waals surface area contributed by atoms with Gasteiger partial charge in [0.2, 0.25) is 5.91 Å². The second-order valence-corrected chi connectivity index (χ2v) is 4.61. The number of carbonyl (C=O) groups excluding carboxylic acids is 1. The minimum atomic E-state index is 0.213. The van der Waals surface area contributed by atoms with Gasteiger partial charge in [0, 0.05) is 19.1 Å². The Morgan fingerprint density at radius 1 is 1.33 bits per heavy atom. The summed E-state index contributed by atoms with van der Waals surface area (Å²) < 4.78 is 0. The highest BCUT2D eigenvalue weighted by Crippen LogP contribution is 2.43. The van der Waals surface area contributed by atoms with Gasteiger partial charge in [0.15, 0.2) is 0 Å². The molecule has 1 amide bonds. The van der Waals surface area contributed by atoms with Gasteiger partial charge in [-0.3, -0.25) is 4.79 Å². The molecular formula is C12H19NO2. The third kappa shape index (κ3) is 2.40. The summed E-state index contributed by atoms with van der Waals surface area (Å²) in [6.07, 6.45) is 8.31. The Kier molecular flexibility index (Phi) is 3.41. The summed E-state index contributed by atoms with van der Waals surface area (Å²) >= 11 is 0. The van der Waals surface area contributed by atoms with Crippen molar-refractivity contribution in [3.63, 3.8) is 0 Å². The topological polar surface area (TPSA) is 49.3 Å². The highest BCUT2D eigenvalue weighted by Gasteiger charge is 2.39. The van der Waals surface area contributed by atoms with Gasteiger partial charge in [-0.25, -0.2) is 0 Å². The predicted octanol–water partition coefficient (Wildman–Crippen LogP) is 1.09. The SMILES string of the molecule is O=C(NCCCCO)C1CC2C=CC1C2. The van der Waals surface area contributed by atoms with Gasteiger partial charge in [-0.1, -0.05) is 12.2 Å². The summed E-state index contributed by atoms with van der Waals surface area (Å²) in [5, 5.41) is 11.6. The standard InChI is InChI=1S/C12H19NO2/c14-6-2-1-5-13-12(15)11-8-9-3-4-10(11)7-9/h3-4,9-11,14H,1-2,5-8H2,(H,13,15). The molecule has 2 bridgehead atoms. The number of aliphatic hydroxyl groups is 1. The summed E-state index contributed by atoms with van der Waals surface area (Å²) in [6, 6.07) is 0. The lowest BCUT2D eigenvalue weighted by molar-refractivity contribution is -0.125. The van der Waals surface area contributed by atoms with Gasteiger partial charge in [0.25, 0.3) is 0 Å². The molecule has 2 rings (SSSR count). The molecule has 0 heterocycles. The Balaban J connectivity index is 1.70. The van der Waals surface area contributed by atoms with E-state index in [0.717, 1.165) is 19.3 Å². The van der Waals surface area contributed by atoms with Crippen molar-refractivity contribution in [3.8, 4) is 0 Å². The van der Waals surface area contributed by atoms with Crippen LogP contribution in [0.2, 0.25) is 0 Å². The average Bonchev–Trinajstić information content (AvgIpc) is 2.85. The lowest BCUT2D eigenvalue weighted by atomic mass is 9.93. The van der Waals surface area contributed by atoms with E-state index in [2.05, 4.69) is 17.5 Å². The minimum absolute atomic E-state index is 0.213. The third-order valence-corrected chi connectivity index (χ3v) is 3.50. The Labute approximate surface area is 90.6 Å². The first-order valence-corrected chi connectivity index (χ1v) is 5.88. The fourth-order valence-electron chi connectivity index (χ4n) is 2.66. The highest BCUT2D eigenvalue weighted by atomic mass is 16.2. The van der Waals surface area contributed by atoms with Gasteiger partial charge >= 0.3 is 0 Å². The van der Waals surface area contributed by atoms with E-state index in [1.54, 1.807) is 0 Å². The van der Waals surface area contributed by atoms with Crippen LogP contribution in [0.15, 0.2) is 12.2 Å². The maximum Gasteiger partial charge on any atom is 0.223 e. The molecule has 3 nitrogen and oxygen atoms in total. The molecule has 2 aliphatic carbocycles. The molecule has 3 atom stereocenters. The van der Waals surface area contributed by atoms with E-state index in [0.29, 0.717) is 18.4 Å². The Bertz CT molecular complexity index is 262. The molecule has 0 spiro atoms. The number of nitrogens with one attached hydrogen (secondary N) is 1. The smallest absolute Gasteiger partial charge is 0.223 e. The molecule has 3 heteroatoms. The van der Waals surface area contributed by atoms with Crippen LogP contribution >= 0.6 is 0 Å². The minimum Gasteiger partial charge on any atom is -0.396 e. The molecule has 0 aromatic carbocycles. The van der Waals surface area contributed by atoms with E-state index in [1.807, 2.05) is 0 Å². The summed E-state index contributed by atoms with van der Waals surface area (Å²) in [6.45, 7) is 0.920. The van der Waals surface area contributed by atoms with Crippen molar-refractivity contribution in [1.82, 2.24) is 5.32 Å². The molecule has 1 saturated carbocycles. The monoisotopic (exact) mass is 209 g/mol. The molecule has 84 valence electrons. The molecule has 0 aromatic heterocycles. The van der Waals surface area contributed by atoms with E-state index in [9.17, 15) is 4.79 Å². The normalized spacial score (nSPS) is 32.2. The summed E-state index contributed by atoms with van der Waals surface area (Å²) in [5.74, 6) is 1.58. The summed E-state index contributed by atoms with van der Waals surface area (Å²) in [7, 11) is 0. The fourth-order valence-corrected chi connectivity index (χ4v) is 2.66. The largest absolute Gasteiger partial charge is 0.396 e. The predicted molar refractivity (Wildman–Crippen MR) is 58.2 cm³/mol. The average molecular weight is 209 g/mol. The lowest BCUT2D eigenvalue weighted by Crippen LogP contribution is -2.33. The van der Waals surface area contributed by atoms with Crippen LogP contribution in [0, 0.1) is 17.8 Å². The molecule has 2 aliphatic rings. The number of rotatable bonds is 5. The number of allylic oxidation sites excluding steroid dienone is 2. The van der Waals surface area contributed by atoms with Crippen molar-refractivity contribution in [3.05, 3.63) is 12.2 Å². The molecule has 2 N–H and O–H groups in total. The van der Waals surface area contributed by atoms with E-state index < -0.39 is 0 Å². The number of fused-ring (bicyclic) bond motifs is 2. The van der Waals surface area contributed by atoms with Crippen LogP contribution in [0.5, 0.6) is 0 Å². The van der Waals surface area contributed by atoms with E-state index in [-0.39, 0.29) is 18.4 Å². The molecule has 0 aromatic rings. The van der Waals surface area contributed by atoms with Crippen LogP contribution < -0.4 is 5.32 Å². The zero-order valence-corrected chi connectivity index (χ0v) is 8.98. The van der Waals surface area contributed by atoms with Gasteiger partial charge in [0.1, 0.15) is 0 Å². The molecular weight excluding hydrogens is 190 g/mol. The maximum absolute atomic E-state index is 11.8. The number of amides is 1. The van der Waals surface area contributed by atoms with Crippen LogP contribution in [0.3, 0.4) is 0 Å². The highest BCUT2D eigenvalue weighted by molar-refractivity contribution is 5.79. The molecule has 0 saturated heterocycles. The summed E-state index contributed by atoms with van der Waals surface area (Å²) in [5.41, 5.74) is 0. The van der Waals surface area contributed by atoms with E-state index in [1.165, 1.54) is 6.42 Å².